The number of hydrogen-bond donors (Lipinski definition) is 1. The predicted octanol–water partition coefficient (Wildman–Crippen LogP) is 3.37. The molecule has 0 unspecified atom stereocenters. The first-order chi connectivity index (χ1) is 9.04. The molecule has 1 aromatic carbocycles. The summed E-state index contributed by atoms with van der Waals surface area (Å²) in [6, 6.07) is 2.67. The van der Waals surface area contributed by atoms with Crippen molar-refractivity contribution >= 4 is 22.9 Å². The lowest BCUT2D eigenvalue weighted by atomic mass is 10.1. The van der Waals surface area contributed by atoms with Gasteiger partial charge in [-0.15, -0.1) is 0 Å². The van der Waals surface area contributed by atoms with Crippen LogP contribution in [0.15, 0.2) is 12.1 Å². The summed E-state index contributed by atoms with van der Waals surface area (Å²) >= 11 is 4.76. The van der Waals surface area contributed by atoms with Gasteiger partial charge in [0.25, 0.3) is 0 Å². The summed E-state index contributed by atoms with van der Waals surface area (Å²) in [6.45, 7) is 2.50. The first-order valence-corrected chi connectivity index (χ1v) is 7.01. The molecule has 1 aliphatic rings. The Hall–Kier alpha value is -1.23. The van der Waals surface area contributed by atoms with Gasteiger partial charge in [-0.1, -0.05) is 25.1 Å². The Kier molecular flexibility index (Phi) is 4.34. The fraction of sp³-hybridized carbons (Fsp3) is 0.500. The first-order valence-electron chi connectivity index (χ1n) is 6.60. The average molecular weight is 284 g/mol. The van der Waals surface area contributed by atoms with Crippen molar-refractivity contribution in [1.82, 2.24) is 0 Å². The third-order valence-electron chi connectivity index (χ3n) is 3.69. The number of anilines is 1. The maximum absolute atomic E-state index is 14.2. The molecular formula is C14H18F2N2S. The Bertz CT molecular complexity index is 461. The van der Waals surface area contributed by atoms with Gasteiger partial charge in [-0.05, 0) is 31.9 Å². The van der Waals surface area contributed by atoms with Crippen LogP contribution < -0.4 is 10.6 Å². The lowest BCUT2D eigenvalue weighted by molar-refractivity contribution is 0.541. The quantitative estimate of drug-likeness (QED) is 0.860. The van der Waals surface area contributed by atoms with E-state index in [4.69, 9.17) is 18.0 Å². The second kappa shape index (κ2) is 5.82. The SMILES string of the molecule is CCN(c1c(F)cc(C(N)=S)cc1F)C1CCCC1. The smallest absolute Gasteiger partial charge is 0.150 e. The number of benzene rings is 1. The highest BCUT2D eigenvalue weighted by atomic mass is 32.1. The van der Waals surface area contributed by atoms with Crippen molar-refractivity contribution in [2.24, 2.45) is 5.73 Å². The van der Waals surface area contributed by atoms with Crippen LogP contribution in [0.1, 0.15) is 38.2 Å². The number of halogens is 2. The molecule has 0 spiro atoms. The lowest BCUT2D eigenvalue weighted by Gasteiger charge is -2.30. The lowest BCUT2D eigenvalue weighted by Crippen LogP contribution is -2.34. The van der Waals surface area contributed by atoms with E-state index >= 15 is 0 Å². The highest BCUT2D eigenvalue weighted by Gasteiger charge is 2.26. The van der Waals surface area contributed by atoms with E-state index in [0.717, 1.165) is 25.7 Å². The summed E-state index contributed by atoms with van der Waals surface area (Å²) in [5.74, 6) is -1.17. The first kappa shape index (κ1) is 14.2. The molecule has 0 heterocycles. The van der Waals surface area contributed by atoms with Crippen LogP contribution in [0.5, 0.6) is 0 Å². The van der Waals surface area contributed by atoms with E-state index in [-0.39, 0.29) is 22.3 Å². The van der Waals surface area contributed by atoms with E-state index in [0.29, 0.717) is 6.54 Å². The third-order valence-corrected chi connectivity index (χ3v) is 3.93. The molecule has 5 heteroatoms. The molecule has 0 amide bonds. The second-order valence-corrected chi connectivity index (χ2v) is 5.32. The van der Waals surface area contributed by atoms with Gasteiger partial charge in [0, 0.05) is 18.2 Å². The van der Waals surface area contributed by atoms with Crippen molar-refractivity contribution in [3.05, 3.63) is 29.3 Å². The maximum Gasteiger partial charge on any atom is 0.150 e. The van der Waals surface area contributed by atoms with Gasteiger partial charge in [0.05, 0.1) is 0 Å². The van der Waals surface area contributed by atoms with Crippen molar-refractivity contribution < 1.29 is 8.78 Å². The van der Waals surface area contributed by atoms with Crippen LogP contribution in [0.2, 0.25) is 0 Å². The van der Waals surface area contributed by atoms with E-state index in [9.17, 15) is 8.78 Å². The predicted molar refractivity (Wildman–Crippen MR) is 77.5 cm³/mol. The van der Waals surface area contributed by atoms with Crippen molar-refractivity contribution in [1.29, 1.82) is 0 Å². The molecule has 2 rings (SSSR count). The van der Waals surface area contributed by atoms with Crippen molar-refractivity contribution in [3.63, 3.8) is 0 Å². The van der Waals surface area contributed by atoms with Crippen LogP contribution in [0.4, 0.5) is 14.5 Å². The van der Waals surface area contributed by atoms with Gasteiger partial charge in [0.15, 0.2) is 0 Å². The van der Waals surface area contributed by atoms with Gasteiger partial charge in [-0.25, -0.2) is 8.78 Å². The Morgan fingerprint density at radius 3 is 2.26 bits per heavy atom. The topological polar surface area (TPSA) is 29.3 Å². The minimum absolute atomic E-state index is 0.00765. The third kappa shape index (κ3) is 2.86. The van der Waals surface area contributed by atoms with Gasteiger partial charge in [0.1, 0.15) is 22.3 Å². The van der Waals surface area contributed by atoms with Gasteiger partial charge in [-0.2, -0.15) is 0 Å². The standard InChI is InChI=1S/C14H18F2N2S/c1-2-18(10-5-3-4-6-10)13-11(15)7-9(14(17)19)8-12(13)16/h7-8,10H,2-6H2,1H3,(H2,17,19). The highest BCUT2D eigenvalue weighted by molar-refractivity contribution is 7.80. The van der Waals surface area contributed by atoms with Crippen molar-refractivity contribution in [3.8, 4) is 0 Å². The second-order valence-electron chi connectivity index (χ2n) is 4.88. The number of thiocarbonyl (C=S) groups is 1. The summed E-state index contributed by atoms with van der Waals surface area (Å²) in [5.41, 5.74) is 5.70. The maximum atomic E-state index is 14.2. The minimum Gasteiger partial charge on any atom is -0.389 e. The molecule has 0 aliphatic heterocycles. The van der Waals surface area contributed by atoms with Crippen molar-refractivity contribution in [2.45, 2.75) is 38.6 Å². The molecule has 104 valence electrons. The summed E-state index contributed by atoms with van der Waals surface area (Å²) in [5, 5.41) is 0. The van der Waals surface area contributed by atoms with Crippen LogP contribution in [0.3, 0.4) is 0 Å². The molecule has 1 fully saturated rings. The Labute approximate surface area is 117 Å². The Morgan fingerprint density at radius 1 is 1.32 bits per heavy atom. The summed E-state index contributed by atoms with van der Waals surface area (Å²) < 4.78 is 28.3. The zero-order valence-corrected chi connectivity index (χ0v) is 11.8. The van der Waals surface area contributed by atoms with Crippen molar-refractivity contribution in [2.75, 3.05) is 11.4 Å². The summed E-state index contributed by atoms with van der Waals surface area (Å²) in [4.78, 5) is 1.83. The minimum atomic E-state index is -0.587. The Morgan fingerprint density at radius 2 is 1.84 bits per heavy atom. The Balaban J connectivity index is 2.39. The van der Waals surface area contributed by atoms with Gasteiger partial charge < -0.3 is 10.6 Å². The average Bonchev–Trinajstić information content (AvgIpc) is 2.86. The molecule has 0 atom stereocenters. The molecule has 0 radical (unpaired) electrons. The van der Waals surface area contributed by atoms with Crippen LogP contribution >= 0.6 is 12.2 Å². The molecule has 0 saturated heterocycles. The summed E-state index contributed by atoms with van der Waals surface area (Å²) in [7, 11) is 0. The largest absolute Gasteiger partial charge is 0.389 e. The zero-order chi connectivity index (χ0) is 14.0. The number of rotatable bonds is 4. The van der Waals surface area contributed by atoms with Gasteiger partial charge in [-0.3, -0.25) is 0 Å². The zero-order valence-electron chi connectivity index (χ0n) is 11.0. The normalized spacial score (nSPS) is 15.7. The monoisotopic (exact) mass is 284 g/mol. The molecule has 2 N–H and O–H groups in total. The molecule has 1 aromatic rings. The molecule has 2 nitrogen and oxygen atoms in total. The molecule has 0 bridgehead atoms. The van der Waals surface area contributed by atoms with E-state index in [1.807, 2.05) is 11.8 Å². The molecular weight excluding hydrogens is 266 g/mol. The van der Waals surface area contributed by atoms with E-state index in [2.05, 4.69) is 0 Å². The highest BCUT2D eigenvalue weighted by Crippen LogP contribution is 2.32. The number of nitrogens with zero attached hydrogens (tertiary/aromatic N) is 1. The fourth-order valence-electron chi connectivity index (χ4n) is 2.80. The van der Waals surface area contributed by atoms with Crippen LogP contribution in [-0.2, 0) is 0 Å². The fourth-order valence-corrected chi connectivity index (χ4v) is 2.91. The number of hydrogen-bond acceptors (Lipinski definition) is 2. The van der Waals surface area contributed by atoms with E-state index in [1.165, 1.54) is 12.1 Å². The van der Waals surface area contributed by atoms with Crippen LogP contribution in [0, 0.1) is 11.6 Å². The summed E-state index contributed by atoms with van der Waals surface area (Å²) in [6.07, 6.45) is 4.22. The van der Waals surface area contributed by atoms with E-state index < -0.39 is 11.6 Å². The van der Waals surface area contributed by atoms with Gasteiger partial charge >= 0.3 is 0 Å². The molecule has 19 heavy (non-hydrogen) atoms. The van der Waals surface area contributed by atoms with Crippen LogP contribution in [0.25, 0.3) is 0 Å². The van der Waals surface area contributed by atoms with Gasteiger partial charge in [0.2, 0.25) is 0 Å². The number of nitrogens with two attached hydrogens (primary N) is 1. The molecule has 1 aliphatic carbocycles. The van der Waals surface area contributed by atoms with E-state index in [1.54, 1.807) is 0 Å². The van der Waals surface area contributed by atoms with Crippen LogP contribution in [-0.4, -0.2) is 17.6 Å². The molecule has 0 aromatic heterocycles. The molecule has 1 saturated carbocycles.